The van der Waals surface area contributed by atoms with Crippen LogP contribution in [0.15, 0.2) is 10.5 Å². The van der Waals surface area contributed by atoms with E-state index >= 15 is 0 Å². The number of aromatic nitrogens is 1. The van der Waals surface area contributed by atoms with Gasteiger partial charge in [0, 0.05) is 15.6 Å². The van der Waals surface area contributed by atoms with E-state index in [9.17, 15) is 0 Å². The van der Waals surface area contributed by atoms with Crippen LogP contribution in [-0.2, 0) is 6.42 Å². The van der Waals surface area contributed by atoms with E-state index in [1.54, 1.807) is 0 Å². The molecule has 90 valence electrons. The molecule has 1 nitrogen and oxygen atoms in total. The Balaban J connectivity index is 2.97. The molecular weight excluding hydrogens is 344 g/mol. The molecule has 0 saturated carbocycles. The lowest BCUT2D eigenvalue weighted by molar-refractivity contribution is 1.07. The molecule has 2 aromatic rings. The molecule has 17 heavy (non-hydrogen) atoms. The van der Waals surface area contributed by atoms with Crippen molar-refractivity contribution in [1.82, 2.24) is 4.98 Å². The Hall–Kier alpha value is -0.0200. The van der Waals surface area contributed by atoms with E-state index in [1.165, 1.54) is 0 Å². The summed E-state index contributed by atoms with van der Waals surface area (Å²) >= 11 is 22.0. The second-order valence-corrected chi connectivity index (χ2v) is 5.71. The fraction of sp³-hybridized carbons (Fsp3) is 0.250. The van der Waals surface area contributed by atoms with Crippen LogP contribution in [0, 0.1) is 6.92 Å². The Morgan fingerprint density at radius 2 is 1.82 bits per heavy atom. The van der Waals surface area contributed by atoms with Crippen molar-refractivity contribution in [2.24, 2.45) is 0 Å². The minimum atomic E-state index is 0.434. The van der Waals surface area contributed by atoms with Crippen molar-refractivity contribution < 1.29 is 0 Å². The largest absolute Gasteiger partial charge is 0.251 e. The summed E-state index contributed by atoms with van der Waals surface area (Å²) in [7, 11) is 0. The summed E-state index contributed by atoms with van der Waals surface area (Å²) in [5.41, 5.74) is 2.59. The molecule has 0 aliphatic heterocycles. The molecule has 0 atom stereocenters. The molecule has 0 spiro atoms. The van der Waals surface area contributed by atoms with Crippen LogP contribution in [0.4, 0.5) is 0 Å². The van der Waals surface area contributed by atoms with Gasteiger partial charge in [-0.2, -0.15) is 0 Å². The Kier molecular flexibility index (Phi) is 3.89. The Labute approximate surface area is 123 Å². The first kappa shape index (κ1) is 13.4. The zero-order chi connectivity index (χ0) is 12.7. The molecular formula is C12H9BrCl3N. The predicted molar refractivity (Wildman–Crippen MR) is 78.6 cm³/mol. The fourth-order valence-corrected chi connectivity index (χ4v) is 3.18. The quantitative estimate of drug-likeness (QED) is 0.588. The van der Waals surface area contributed by atoms with Crippen molar-refractivity contribution in [2.45, 2.75) is 20.3 Å². The number of aryl methyl sites for hydroxylation is 1. The average Bonchev–Trinajstić information content (AvgIpc) is 2.29. The molecule has 0 N–H and O–H groups in total. The Morgan fingerprint density at radius 1 is 1.18 bits per heavy atom. The van der Waals surface area contributed by atoms with E-state index in [0.29, 0.717) is 20.6 Å². The van der Waals surface area contributed by atoms with Crippen LogP contribution in [0.5, 0.6) is 0 Å². The van der Waals surface area contributed by atoms with Gasteiger partial charge >= 0.3 is 0 Å². The van der Waals surface area contributed by atoms with E-state index < -0.39 is 0 Å². The van der Waals surface area contributed by atoms with Crippen LogP contribution in [0.1, 0.15) is 18.2 Å². The second kappa shape index (κ2) is 4.93. The molecule has 0 aliphatic carbocycles. The summed E-state index contributed by atoms with van der Waals surface area (Å²) in [6, 6.07) is 1.86. The van der Waals surface area contributed by atoms with Crippen LogP contribution < -0.4 is 0 Å². The normalized spacial score (nSPS) is 11.2. The summed E-state index contributed by atoms with van der Waals surface area (Å²) in [5.74, 6) is 0. The number of halogens is 4. The van der Waals surface area contributed by atoms with Crippen LogP contribution in [0.3, 0.4) is 0 Å². The van der Waals surface area contributed by atoms with Gasteiger partial charge in [0.05, 0.1) is 20.6 Å². The number of hydrogen-bond acceptors (Lipinski definition) is 1. The highest BCUT2D eigenvalue weighted by molar-refractivity contribution is 9.10. The third kappa shape index (κ3) is 2.17. The van der Waals surface area contributed by atoms with Gasteiger partial charge in [-0.1, -0.05) is 41.7 Å². The Morgan fingerprint density at radius 3 is 2.41 bits per heavy atom. The first-order valence-corrected chi connectivity index (χ1v) is 7.02. The number of nitrogens with zero attached hydrogens (tertiary/aromatic N) is 1. The summed E-state index contributed by atoms with van der Waals surface area (Å²) in [6.07, 6.45) is 0.839. The molecule has 0 aliphatic rings. The topological polar surface area (TPSA) is 12.9 Å². The highest BCUT2D eigenvalue weighted by Gasteiger charge is 2.15. The van der Waals surface area contributed by atoms with Crippen molar-refractivity contribution >= 4 is 61.6 Å². The van der Waals surface area contributed by atoms with Gasteiger partial charge < -0.3 is 0 Å². The molecule has 0 amide bonds. The van der Waals surface area contributed by atoms with Crippen LogP contribution >= 0.6 is 50.7 Å². The molecule has 0 radical (unpaired) electrons. The van der Waals surface area contributed by atoms with Crippen molar-refractivity contribution in [3.63, 3.8) is 0 Å². The fourth-order valence-electron chi connectivity index (χ4n) is 1.83. The summed E-state index contributed by atoms with van der Waals surface area (Å²) < 4.78 is 0.728. The van der Waals surface area contributed by atoms with Gasteiger partial charge in [-0.05, 0) is 40.9 Å². The monoisotopic (exact) mass is 351 g/mol. The molecule has 0 bridgehead atoms. The lowest BCUT2D eigenvalue weighted by Crippen LogP contribution is -1.95. The SMILES string of the molecule is CCc1c(C)nc2c(Cl)c(Cl)c(Br)cc2c1Cl. The lowest BCUT2D eigenvalue weighted by atomic mass is 10.1. The zero-order valence-electron chi connectivity index (χ0n) is 9.24. The molecule has 0 saturated heterocycles. The summed E-state index contributed by atoms with van der Waals surface area (Å²) in [6.45, 7) is 3.98. The highest BCUT2D eigenvalue weighted by atomic mass is 79.9. The smallest absolute Gasteiger partial charge is 0.0922 e. The first-order chi connectivity index (χ1) is 7.97. The van der Waals surface area contributed by atoms with Crippen molar-refractivity contribution in [3.05, 3.63) is 36.9 Å². The van der Waals surface area contributed by atoms with Gasteiger partial charge in [0.25, 0.3) is 0 Å². The zero-order valence-corrected chi connectivity index (χ0v) is 13.1. The lowest BCUT2D eigenvalue weighted by Gasteiger charge is -2.11. The number of hydrogen-bond donors (Lipinski definition) is 0. The number of benzene rings is 1. The molecule has 1 aromatic heterocycles. The minimum absolute atomic E-state index is 0.434. The molecule has 2 rings (SSSR count). The van der Waals surface area contributed by atoms with E-state index in [4.69, 9.17) is 34.8 Å². The third-order valence-electron chi connectivity index (χ3n) is 2.71. The van der Waals surface area contributed by atoms with Crippen LogP contribution in [-0.4, -0.2) is 4.98 Å². The Bertz CT molecular complexity index is 611. The molecule has 5 heteroatoms. The van der Waals surface area contributed by atoms with E-state index in [0.717, 1.165) is 27.5 Å². The maximum Gasteiger partial charge on any atom is 0.0922 e. The number of fused-ring (bicyclic) bond motifs is 1. The standard InChI is InChI=1S/C12H9BrCl3N/c1-3-6-5(2)17-12-7(9(6)14)4-8(13)10(15)11(12)16/h4H,3H2,1-2H3. The first-order valence-electron chi connectivity index (χ1n) is 5.09. The van der Waals surface area contributed by atoms with Gasteiger partial charge in [0.1, 0.15) is 0 Å². The number of pyridine rings is 1. The van der Waals surface area contributed by atoms with E-state index in [2.05, 4.69) is 20.9 Å². The third-order valence-corrected chi connectivity index (χ3v) is 4.85. The van der Waals surface area contributed by atoms with Gasteiger partial charge in [0.15, 0.2) is 0 Å². The minimum Gasteiger partial charge on any atom is -0.251 e. The number of rotatable bonds is 1. The maximum absolute atomic E-state index is 6.38. The highest BCUT2D eigenvalue weighted by Crippen LogP contribution is 2.40. The van der Waals surface area contributed by atoms with Gasteiger partial charge in [-0.15, -0.1) is 0 Å². The summed E-state index contributed by atoms with van der Waals surface area (Å²) in [5, 5.41) is 2.43. The maximum atomic E-state index is 6.38. The second-order valence-electron chi connectivity index (χ2n) is 3.73. The summed E-state index contributed by atoms with van der Waals surface area (Å²) in [4.78, 5) is 4.49. The van der Waals surface area contributed by atoms with Gasteiger partial charge in [-0.3, -0.25) is 4.98 Å². The van der Waals surface area contributed by atoms with E-state index in [1.807, 2.05) is 19.9 Å². The van der Waals surface area contributed by atoms with Crippen LogP contribution in [0.2, 0.25) is 15.1 Å². The van der Waals surface area contributed by atoms with Crippen molar-refractivity contribution in [1.29, 1.82) is 0 Å². The molecule has 0 unspecified atom stereocenters. The van der Waals surface area contributed by atoms with Gasteiger partial charge in [-0.25, -0.2) is 0 Å². The molecule has 1 heterocycles. The van der Waals surface area contributed by atoms with Gasteiger partial charge in [0.2, 0.25) is 0 Å². The van der Waals surface area contributed by atoms with Crippen LogP contribution in [0.25, 0.3) is 10.9 Å². The van der Waals surface area contributed by atoms with Crippen molar-refractivity contribution in [3.8, 4) is 0 Å². The predicted octanol–water partition coefficient (Wildman–Crippen LogP) is 5.83. The average molecular weight is 353 g/mol. The van der Waals surface area contributed by atoms with E-state index in [-0.39, 0.29) is 0 Å². The van der Waals surface area contributed by atoms with Crippen molar-refractivity contribution in [2.75, 3.05) is 0 Å². The molecule has 1 aromatic carbocycles. The molecule has 0 fully saturated rings.